The molecule has 5 rings (SSSR count). The molecule has 0 saturated heterocycles. The molecular weight excluding hydrogens is 328 g/mol. The summed E-state index contributed by atoms with van der Waals surface area (Å²) in [5, 5.41) is 20.9. The van der Waals surface area contributed by atoms with Gasteiger partial charge in [-0.3, -0.25) is 4.79 Å². The van der Waals surface area contributed by atoms with E-state index in [9.17, 15) is 15.0 Å². The molecular formula is C18H14O7. The molecule has 25 heavy (non-hydrogen) atoms. The maximum Gasteiger partial charge on any atom is 0.231 e. The smallest absolute Gasteiger partial charge is 0.231 e. The van der Waals surface area contributed by atoms with Crippen molar-refractivity contribution in [3.63, 3.8) is 0 Å². The van der Waals surface area contributed by atoms with Crippen LogP contribution in [0, 0.1) is 0 Å². The summed E-state index contributed by atoms with van der Waals surface area (Å²) in [6.07, 6.45) is -1.07. The number of aliphatic hydroxyl groups is 1. The number of hydrogen-bond donors (Lipinski definition) is 2. The highest BCUT2D eigenvalue weighted by atomic mass is 16.7. The molecule has 0 aromatic heterocycles. The van der Waals surface area contributed by atoms with Crippen LogP contribution in [-0.4, -0.2) is 36.2 Å². The van der Waals surface area contributed by atoms with Crippen LogP contribution in [0.5, 0.6) is 28.7 Å². The van der Waals surface area contributed by atoms with Crippen LogP contribution in [0.2, 0.25) is 0 Å². The molecule has 7 nitrogen and oxygen atoms in total. The van der Waals surface area contributed by atoms with Crippen LogP contribution >= 0.6 is 0 Å². The highest BCUT2D eigenvalue weighted by Gasteiger charge is 2.60. The molecule has 1 spiro atoms. The first kappa shape index (κ1) is 14.4. The first-order chi connectivity index (χ1) is 12.0. The average molecular weight is 342 g/mol. The lowest BCUT2D eigenvalue weighted by Crippen LogP contribution is -2.59. The van der Waals surface area contributed by atoms with Crippen LogP contribution in [0.1, 0.15) is 21.5 Å². The fourth-order valence-electron chi connectivity index (χ4n) is 3.83. The van der Waals surface area contributed by atoms with Crippen LogP contribution in [0.4, 0.5) is 0 Å². The van der Waals surface area contributed by atoms with Gasteiger partial charge in [-0.25, -0.2) is 0 Å². The Kier molecular flexibility index (Phi) is 2.64. The topological polar surface area (TPSA) is 94.5 Å². The second kappa shape index (κ2) is 4.58. The van der Waals surface area contributed by atoms with Crippen LogP contribution in [0.3, 0.4) is 0 Å². The Labute approximate surface area is 142 Å². The lowest BCUT2D eigenvalue weighted by molar-refractivity contribution is -0.0818. The van der Waals surface area contributed by atoms with Crippen molar-refractivity contribution in [3.8, 4) is 28.7 Å². The van der Waals surface area contributed by atoms with Crippen molar-refractivity contribution in [3.05, 3.63) is 41.0 Å². The van der Waals surface area contributed by atoms with Gasteiger partial charge >= 0.3 is 0 Å². The molecule has 0 fully saturated rings. The van der Waals surface area contributed by atoms with E-state index in [-0.39, 0.29) is 29.6 Å². The van der Waals surface area contributed by atoms with Gasteiger partial charge in [-0.05, 0) is 29.7 Å². The van der Waals surface area contributed by atoms with Crippen LogP contribution in [-0.2, 0) is 11.8 Å². The fourth-order valence-corrected chi connectivity index (χ4v) is 3.83. The number of ether oxygens (including phenoxy) is 4. The summed E-state index contributed by atoms with van der Waals surface area (Å²) >= 11 is 0. The molecule has 2 aromatic carbocycles. The minimum atomic E-state index is -1.37. The van der Waals surface area contributed by atoms with E-state index < -0.39 is 11.7 Å². The first-order valence-electron chi connectivity index (χ1n) is 7.78. The lowest BCUT2D eigenvalue weighted by atomic mass is 9.59. The highest BCUT2D eigenvalue weighted by molar-refractivity contribution is 6.11. The number of phenolic OH excluding ortho intramolecular Hbond substituents is 1. The Morgan fingerprint density at radius 3 is 2.68 bits per heavy atom. The molecule has 0 amide bonds. The second-order valence-corrected chi connectivity index (χ2v) is 6.33. The molecule has 2 heterocycles. The molecule has 0 radical (unpaired) electrons. The third-order valence-corrected chi connectivity index (χ3v) is 5.13. The van der Waals surface area contributed by atoms with Gasteiger partial charge in [0, 0.05) is 12.1 Å². The van der Waals surface area contributed by atoms with Crippen molar-refractivity contribution < 1.29 is 34.0 Å². The fraction of sp³-hybridized carbons (Fsp3) is 0.278. The molecule has 1 unspecified atom stereocenters. The molecule has 2 aromatic rings. The molecule has 2 atom stereocenters. The SMILES string of the molecule is COc1cc(O)c2c(c1)OC(O)[C@]1(Cc3cc4c(cc31)OCO4)C2=O. The molecule has 3 aliphatic rings. The van der Waals surface area contributed by atoms with Gasteiger partial charge in [-0.15, -0.1) is 0 Å². The quantitative estimate of drug-likeness (QED) is 0.811. The lowest BCUT2D eigenvalue weighted by Gasteiger charge is -2.47. The number of methoxy groups -OCH3 is 1. The Hall–Kier alpha value is -2.93. The van der Waals surface area contributed by atoms with Gasteiger partial charge in [0.2, 0.25) is 13.1 Å². The summed E-state index contributed by atoms with van der Waals surface area (Å²) < 4.78 is 21.4. The molecule has 128 valence electrons. The van der Waals surface area contributed by atoms with Crippen LogP contribution in [0.15, 0.2) is 24.3 Å². The van der Waals surface area contributed by atoms with E-state index in [1.54, 1.807) is 6.07 Å². The number of Topliss-reactive ketones (excluding diaryl/α,β-unsaturated/α-hetero) is 1. The van der Waals surface area contributed by atoms with E-state index >= 15 is 0 Å². The molecule has 0 saturated carbocycles. The summed E-state index contributed by atoms with van der Waals surface area (Å²) in [6.45, 7) is 0.127. The Balaban J connectivity index is 1.66. The molecule has 0 bridgehead atoms. The molecule has 7 heteroatoms. The number of hydrogen-bond acceptors (Lipinski definition) is 7. The van der Waals surface area contributed by atoms with Gasteiger partial charge < -0.3 is 29.2 Å². The standard InChI is InChI=1S/C18H14O7/c1-22-9-3-11(19)15-14(4-9)25-17(21)18(16(15)20)6-8-2-12-13(5-10(8)18)24-7-23-12/h2-5,17,19,21H,6-7H2,1H3/t17?,18-/m0/s1. The monoisotopic (exact) mass is 342 g/mol. The van der Waals surface area contributed by atoms with Crippen molar-refractivity contribution in [1.82, 2.24) is 0 Å². The number of rotatable bonds is 1. The van der Waals surface area contributed by atoms with E-state index in [2.05, 4.69) is 0 Å². The van der Waals surface area contributed by atoms with Gasteiger partial charge in [-0.1, -0.05) is 0 Å². The van der Waals surface area contributed by atoms with Crippen LogP contribution in [0.25, 0.3) is 0 Å². The van der Waals surface area contributed by atoms with Gasteiger partial charge in [0.05, 0.1) is 7.11 Å². The zero-order chi connectivity index (χ0) is 17.3. The third-order valence-electron chi connectivity index (χ3n) is 5.13. The van der Waals surface area contributed by atoms with Crippen molar-refractivity contribution in [2.75, 3.05) is 13.9 Å². The number of benzene rings is 2. The number of ketones is 1. The molecule has 2 N–H and O–H groups in total. The number of carbonyl (C=O) groups is 1. The predicted molar refractivity (Wildman–Crippen MR) is 83.6 cm³/mol. The zero-order valence-corrected chi connectivity index (χ0v) is 13.2. The maximum atomic E-state index is 13.2. The second-order valence-electron chi connectivity index (χ2n) is 6.33. The summed E-state index contributed by atoms with van der Waals surface area (Å²) in [6, 6.07) is 6.34. The summed E-state index contributed by atoms with van der Waals surface area (Å²) in [5.41, 5.74) is 0.316. The summed E-state index contributed by atoms with van der Waals surface area (Å²) in [5.74, 6) is 0.981. The van der Waals surface area contributed by atoms with Crippen molar-refractivity contribution in [2.24, 2.45) is 0 Å². The van der Waals surface area contributed by atoms with Crippen LogP contribution < -0.4 is 18.9 Å². The van der Waals surface area contributed by atoms with Gasteiger partial charge in [0.1, 0.15) is 28.2 Å². The number of aromatic hydroxyl groups is 1. The highest BCUT2D eigenvalue weighted by Crippen LogP contribution is 2.55. The number of aliphatic hydroxyl groups excluding tert-OH is 1. The van der Waals surface area contributed by atoms with E-state index in [1.165, 1.54) is 19.2 Å². The van der Waals surface area contributed by atoms with Crippen molar-refractivity contribution in [1.29, 1.82) is 0 Å². The van der Waals surface area contributed by atoms with E-state index in [4.69, 9.17) is 18.9 Å². The summed E-state index contributed by atoms with van der Waals surface area (Å²) in [7, 11) is 1.44. The number of phenols is 1. The average Bonchev–Trinajstić information content (AvgIpc) is 3.02. The van der Waals surface area contributed by atoms with Gasteiger partial charge in [0.25, 0.3) is 0 Å². The minimum absolute atomic E-state index is 0.0504. The Morgan fingerprint density at radius 2 is 1.92 bits per heavy atom. The van der Waals surface area contributed by atoms with Crippen molar-refractivity contribution >= 4 is 5.78 Å². The number of fused-ring (bicyclic) bond motifs is 4. The van der Waals surface area contributed by atoms with Gasteiger partial charge in [-0.2, -0.15) is 0 Å². The molecule has 2 aliphatic heterocycles. The predicted octanol–water partition coefficient (Wildman–Crippen LogP) is 1.52. The van der Waals surface area contributed by atoms with E-state index in [1.807, 2.05) is 6.07 Å². The van der Waals surface area contributed by atoms with Crippen molar-refractivity contribution in [2.45, 2.75) is 18.1 Å². The normalized spacial score (nSPS) is 25.0. The largest absolute Gasteiger partial charge is 0.507 e. The Bertz CT molecular complexity index is 936. The van der Waals surface area contributed by atoms with E-state index in [0.717, 1.165) is 5.56 Å². The third kappa shape index (κ3) is 1.65. The maximum absolute atomic E-state index is 13.2. The number of carbonyl (C=O) groups excluding carboxylic acids is 1. The van der Waals surface area contributed by atoms with E-state index in [0.29, 0.717) is 29.2 Å². The zero-order valence-electron chi connectivity index (χ0n) is 13.2. The minimum Gasteiger partial charge on any atom is -0.507 e. The summed E-state index contributed by atoms with van der Waals surface area (Å²) in [4.78, 5) is 13.2. The Morgan fingerprint density at radius 1 is 1.16 bits per heavy atom. The molecule has 1 aliphatic carbocycles. The van der Waals surface area contributed by atoms with Gasteiger partial charge in [0.15, 0.2) is 17.3 Å². The first-order valence-corrected chi connectivity index (χ1v) is 7.78.